The standard InChI is InChI=1S/C8H7F3N2O/c9-7(10)6-4(1-12)2-13-8(11)5(6)3-14/h2-3,7H,1,12H2. The van der Waals surface area contributed by atoms with Gasteiger partial charge in [-0.25, -0.2) is 13.8 Å². The van der Waals surface area contributed by atoms with Gasteiger partial charge in [-0.15, -0.1) is 0 Å². The molecule has 6 heteroatoms. The summed E-state index contributed by atoms with van der Waals surface area (Å²) >= 11 is 0. The molecule has 0 saturated carbocycles. The van der Waals surface area contributed by atoms with E-state index in [4.69, 9.17) is 5.73 Å². The van der Waals surface area contributed by atoms with Crippen molar-refractivity contribution in [2.24, 2.45) is 5.73 Å². The van der Waals surface area contributed by atoms with Crippen molar-refractivity contribution < 1.29 is 18.0 Å². The van der Waals surface area contributed by atoms with E-state index in [1.165, 1.54) is 0 Å². The lowest BCUT2D eigenvalue weighted by Crippen LogP contribution is -2.09. The van der Waals surface area contributed by atoms with E-state index in [1.54, 1.807) is 0 Å². The summed E-state index contributed by atoms with van der Waals surface area (Å²) in [5.41, 5.74) is 3.74. The number of nitrogens with two attached hydrogens (primary N) is 1. The third-order valence-electron chi connectivity index (χ3n) is 1.75. The van der Waals surface area contributed by atoms with E-state index in [0.29, 0.717) is 0 Å². The first-order valence-electron chi connectivity index (χ1n) is 3.72. The Morgan fingerprint density at radius 2 is 2.21 bits per heavy atom. The van der Waals surface area contributed by atoms with E-state index in [0.717, 1.165) is 6.20 Å². The number of alkyl halides is 2. The van der Waals surface area contributed by atoms with E-state index in [1.807, 2.05) is 0 Å². The van der Waals surface area contributed by atoms with E-state index in [-0.39, 0.29) is 18.4 Å². The summed E-state index contributed by atoms with van der Waals surface area (Å²) in [6.07, 6.45) is -2.02. The Labute approximate surface area is 77.7 Å². The van der Waals surface area contributed by atoms with Crippen molar-refractivity contribution in [3.05, 3.63) is 28.8 Å². The molecular weight excluding hydrogens is 197 g/mol. The van der Waals surface area contributed by atoms with Crippen LogP contribution in [-0.2, 0) is 6.54 Å². The summed E-state index contributed by atoms with van der Waals surface area (Å²) in [4.78, 5) is 13.5. The van der Waals surface area contributed by atoms with Crippen LogP contribution in [0.15, 0.2) is 6.20 Å². The van der Waals surface area contributed by atoms with Crippen LogP contribution in [0.2, 0.25) is 0 Å². The second-order valence-electron chi connectivity index (χ2n) is 2.52. The van der Waals surface area contributed by atoms with Gasteiger partial charge in [0.25, 0.3) is 6.43 Å². The second-order valence-corrected chi connectivity index (χ2v) is 2.52. The van der Waals surface area contributed by atoms with Crippen LogP contribution in [0.4, 0.5) is 13.2 Å². The normalized spacial score (nSPS) is 10.6. The van der Waals surface area contributed by atoms with Crippen molar-refractivity contribution >= 4 is 6.29 Å². The Bertz CT molecular complexity index is 355. The smallest absolute Gasteiger partial charge is 0.265 e. The molecule has 76 valence electrons. The van der Waals surface area contributed by atoms with Crippen molar-refractivity contribution in [1.29, 1.82) is 0 Å². The zero-order valence-electron chi connectivity index (χ0n) is 7.01. The largest absolute Gasteiger partial charge is 0.326 e. The molecule has 0 unspecified atom stereocenters. The molecule has 14 heavy (non-hydrogen) atoms. The molecule has 0 saturated heterocycles. The first-order chi connectivity index (χ1) is 6.61. The van der Waals surface area contributed by atoms with Crippen LogP contribution in [0.1, 0.15) is 27.9 Å². The molecule has 1 aromatic rings. The van der Waals surface area contributed by atoms with Gasteiger partial charge in [0, 0.05) is 18.3 Å². The average Bonchev–Trinajstić information content (AvgIpc) is 2.17. The molecule has 2 N–H and O–H groups in total. The summed E-state index contributed by atoms with van der Waals surface area (Å²) in [5.74, 6) is -1.20. The molecule has 0 aliphatic heterocycles. The van der Waals surface area contributed by atoms with Gasteiger partial charge >= 0.3 is 0 Å². The molecule has 1 rings (SSSR count). The molecule has 1 heterocycles. The Balaban J connectivity index is 3.43. The number of rotatable bonds is 3. The molecule has 0 fully saturated rings. The number of aromatic nitrogens is 1. The highest BCUT2D eigenvalue weighted by molar-refractivity contribution is 5.77. The summed E-state index contributed by atoms with van der Waals surface area (Å²) in [6, 6.07) is 0. The van der Waals surface area contributed by atoms with Gasteiger partial charge < -0.3 is 5.73 Å². The average molecular weight is 204 g/mol. The van der Waals surface area contributed by atoms with Crippen LogP contribution >= 0.6 is 0 Å². The lowest BCUT2D eigenvalue weighted by Gasteiger charge is -2.08. The van der Waals surface area contributed by atoms with Crippen molar-refractivity contribution in [2.45, 2.75) is 13.0 Å². The van der Waals surface area contributed by atoms with Crippen LogP contribution in [0.25, 0.3) is 0 Å². The Hall–Kier alpha value is -1.43. The molecule has 0 amide bonds. The zero-order chi connectivity index (χ0) is 10.7. The van der Waals surface area contributed by atoms with Crippen LogP contribution in [0.5, 0.6) is 0 Å². The van der Waals surface area contributed by atoms with Gasteiger partial charge in [0.15, 0.2) is 6.29 Å². The highest BCUT2D eigenvalue weighted by Gasteiger charge is 2.20. The maximum atomic E-state index is 12.8. The van der Waals surface area contributed by atoms with Gasteiger partial charge in [-0.3, -0.25) is 4.79 Å². The maximum Gasteiger partial charge on any atom is 0.265 e. The summed E-state index contributed by atoms with van der Waals surface area (Å²) < 4.78 is 37.7. The van der Waals surface area contributed by atoms with Crippen LogP contribution in [0, 0.1) is 5.95 Å². The first-order valence-corrected chi connectivity index (χ1v) is 3.72. The predicted molar refractivity (Wildman–Crippen MR) is 42.4 cm³/mol. The van der Waals surface area contributed by atoms with Gasteiger partial charge in [0.1, 0.15) is 0 Å². The van der Waals surface area contributed by atoms with Gasteiger partial charge in [-0.2, -0.15) is 4.39 Å². The molecule has 0 aromatic carbocycles. The lowest BCUT2D eigenvalue weighted by atomic mass is 10.1. The quantitative estimate of drug-likeness (QED) is 0.598. The SMILES string of the molecule is NCc1cnc(F)c(C=O)c1C(F)F. The number of hydrogen-bond donors (Lipinski definition) is 1. The second kappa shape index (κ2) is 4.19. The Kier molecular flexibility index (Phi) is 3.19. The fraction of sp³-hybridized carbons (Fsp3) is 0.250. The topological polar surface area (TPSA) is 56.0 Å². The van der Waals surface area contributed by atoms with E-state index < -0.39 is 23.5 Å². The van der Waals surface area contributed by atoms with Gasteiger partial charge in [-0.1, -0.05) is 0 Å². The van der Waals surface area contributed by atoms with E-state index >= 15 is 0 Å². The molecule has 0 aliphatic carbocycles. The van der Waals surface area contributed by atoms with Crippen LogP contribution < -0.4 is 5.73 Å². The highest BCUT2D eigenvalue weighted by Crippen LogP contribution is 2.26. The molecular formula is C8H7F3N2O. The van der Waals surface area contributed by atoms with E-state index in [9.17, 15) is 18.0 Å². The number of aldehydes is 1. The van der Waals surface area contributed by atoms with Crippen molar-refractivity contribution in [3.63, 3.8) is 0 Å². The van der Waals surface area contributed by atoms with Crippen molar-refractivity contribution in [1.82, 2.24) is 4.98 Å². The molecule has 0 spiro atoms. The molecule has 0 atom stereocenters. The number of carbonyl (C=O) groups excluding carboxylic acids is 1. The zero-order valence-corrected chi connectivity index (χ0v) is 7.01. The Morgan fingerprint density at radius 1 is 1.57 bits per heavy atom. The fourth-order valence-corrected chi connectivity index (χ4v) is 1.09. The van der Waals surface area contributed by atoms with Crippen molar-refractivity contribution in [2.75, 3.05) is 0 Å². The number of halogens is 3. The first kappa shape index (κ1) is 10.6. The third kappa shape index (κ3) is 1.74. The highest BCUT2D eigenvalue weighted by atomic mass is 19.3. The monoisotopic (exact) mass is 204 g/mol. The number of hydrogen-bond acceptors (Lipinski definition) is 3. The maximum absolute atomic E-state index is 12.8. The summed E-state index contributed by atoms with van der Waals surface area (Å²) in [6.45, 7) is -0.214. The summed E-state index contributed by atoms with van der Waals surface area (Å²) in [5, 5.41) is 0. The molecule has 0 radical (unpaired) electrons. The fourth-order valence-electron chi connectivity index (χ4n) is 1.09. The summed E-state index contributed by atoms with van der Waals surface area (Å²) in [7, 11) is 0. The number of carbonyl (C=O) groups is 1. The van der Waals surface area contributed by atoms with Crippen LogP contribution in [0.3, 0.4) is 0 Å². The minimum atomic E-state index is -2.94. The number of pyridine rings is 1. The minimum Gasteiger partial charge on any atom is -0.326 e. The molecule has 1 aromatic heterocycles. The molecule has 0 aliphatic rings. The predicted octanol–water partition coefficient (Wildman–Crippen LogP) is 1.43. The minimum absolute atomic E-state index is 0.0169. The van der Waals surface area contributed by atoms with Gasteiger partial charge in [0.05, 0.1) is 5.56 Å². The van der Waals surface area contributed by atoms with Gasteiger partial charge in [-0.05, 0) is 5.56 Å². The Morgan fingerprint density at radius 3 is 2.64 bits per heavy atom. The lowest BCUT2D eigenvalue weighted by molar-refractivity contribution is 0.110. The van der Waals surface area contributed by atoms with Crippen LogP contribution in [-0.4, -0.2) is 11.3 Å². The third-order valence-corrected chi connectivity index (χ3v) is 1.75. The van der Waals surface area contributed by atoms with Gasteiger partial charge in [0.2, 0.25) is 5.95 Å². The number of nitrogens with zero attached hydrogens (tertiary/aromatic N) is 1. The molecule has 3 nitrogen and oxygen atoms in total. The molecule has 0 bridgehead atoms. The van der Waals surface area contributed by atoms with Crippen molar-refractivity contribution in [3.8, 4) is 0 Å². The van der Waals surface area contributed by atoms with E-state index in [2.05, 4.69) is 4.98 Å².